The second-order valence-electron chi connectivity index (χ2n) is 6.28. The van der Waals surface area contributed by atoms with E-state index in [4.69, 9.17) is 0 Å². The number of benzene rings is 1. The molecule has 2 N–H and O–H groups in total. The van der Waals surface area contributed by atoms with Crippen LogP contribution in [0.5, 0.6) is 0 Å². The van der Waals surface area contributed by atoms with Gasteiger partial charge in [0.05, 0.1) is 0 Å². The zero-order valence-corrected chi connectivity index (χ0v) is 12.8. The van der Waals surface area contributed by atoms with Crippen LogP contribution in [0, 0.1) is 25.7 Å². The SMILES string of the molecule is Cc1cccc(C)c1NC(C)CC(C)C1CCNC1. The van der Waals surface area contributed by atoms with Gasteiger partial charge in [0.1, 0.15) is 0 Å². The predicted molar refractivity (Wildman–Crippen MR) is 83.8 cm³/mol. The summed E-state index contributed by atoms with van der Waals surface area (Å²) in [6, 6.07) is 7.04. The molecule has 1 saturated heterocycles. The van der Waals surface area contributed by atoms with Crippen molar-refractivity contribution in [1.29, 1.82) is 0 Å². The summed E-state index contributed by atoms with van der Waals surface area (Å²) in [6.07, 6.45) is 2.59. The van der Waals surface area contributed by atoms with Crippen LogP contribution in [0.4, 0.5) is 5.69 Å². The van der Waals surface area contributed by atoms with Gasteiger partial charge in [0, 0.05) is 11.7 Å². The van der Waals surface area contributed by atoms with Crippen LogP contribution >= 0.6 is 0 Å². The van der Waals surface area contributed by atoms with Crippen molar-refractivity contribution >= 4 is 5.69 Å². The molecule has 1 aliphatic heterocycles. The maximum atomic E-state index is 3.71. The molecular weight excluding hydrogens is 232 g/mol. The normalized spacial score (nSPS) is 22.2. The zero-order chi connectivity index (χ0) is 13.8. The average Bonchev–Trinajstić information content (AvgIpc) is 2.88. The van der Waals surface area contributed by atoms with Crippen molar-refractivity contribution in [3.05, 3.63) is 29.3 Å². The summed E-state index contributed by atoms with van der Waals surface area (Å²) in [5, 5.41) is 7.19. The van der Waals surface area contributed by atoms with Crippen molar-refractivity contribution in [2.24, 2.45) is 11.8 Å². The average molecular weight is 260 g/mol. The highest BCUT2D eigenvalue weighted by Gasteiger charge is 2.22. The molecule has 3 unspecified atom stereocenters. The summed E-state index contributed by atoms with van der Waals surface area (Å²) < 4.78 is 0. The zero-order valence-electron chi connectivity index (χ0n) is 12.8. The minimum Gasteiger partial charge on any atom is -0.382 e. The summed E-state index contributed by atoms with van der Waals surface area (Å²) in [4.78, 5) is 0. The molecule has 0 spiro atoms. The first kappa shape index (κ1) is 14.4. The number of hydrogen-bond donors (Lipinski definition) is 2. The third-order valence-corrected chi connectivity index (χ3v) is 4.50. The van der Waals surface area contributed by atoms with Crippen LogP contribution in [-0.4, -0.2) is 19.1 Å². The Morgan fingerprint density at radius 1 is 1.26 bits per heavy atom. The number of anilines is 1. The van der Waals surface area contributed by atoms with Crippen molar-refractivity contribution in [3.8, 4) is 0 Å². The van der Waals surface area contributed by atoms with Crippen molar-refractivity contribution in [1.82, 2.24) is 5.32 Å². The fourth-order valence-corrected chi connectivity index (χ4v) is 3.26. The first-order valence-corrected chi connectivity index (χ1v) is 7.61. The fourth-order valence-electron chi connectivity index (χ4n) is 3.26. The van der Waals surface area contributed by atoms with Crippen LogP contribution in [0.1, 0.15) is 37.8 Å². The summed E-state index contributed by atoms with van der Waals surface area (Å²) in [5.74, 6) is 1.66. The fraction of sp³-hybridized carbons (Fsp3) is 0.647. The summed E-state index contributed by atoms with van der Waals surface area (Å²) in [6.45, 7) is 11.5. The number of para-hydroxylation sites is 1. The molecule has 2 nitrogen and oxygen atoms in total. The van der Waals surface area contributed by atoms with E-state index < -0.39 is 0 Å². The van der Waals surface area contributed by atoms with Gasteiger partial charge in [0.2, 0.25) is 0 Å². The van der Waals surface area contributed by atoms with Crippen LogP contribution in [0.25, 0.3) is 0 Å². The molecule has 2 heteroatoms. The molecule has 106 valence electrons. The van der Waals surface area contributed by atoms with E-state index in [1.807, 2.05) is 0 Å². The van der Waals surface area contributed by atoms with E-state index in [0.29, 0.717) is 6.04 Å². The number of hydrogen-bond acceptors (Lipinski definition) is 2. The van der Waals surface area contributed by atoms with Gasteiger partial charge in [-0.2, -0.15) is 0 Å². The largest absolute Gasteiger partial charge is 0.382 e. The van der Waals surface area contributed by atoms with Gasteiger partial charge in [-0.05, 0) is 69.7 Å². The van der Waals surface area contributed by atoms with E-state index in [1.54, 1.807) is 0 Å². The molecule has 0 saturated carbocycles. The van der Waals surface area contributed by atoms with Gasteiger partial charge in [-0.15, -0.1) is 0 Å². The number of rotatable bonds is 5. The van der Waals surface area contributed by atoms with Gasteiger partial charge in [0.15, 0.2) is 0 Å². The number of nitrogens with one attached hydrogen (secondary N) is 2. The quantitative estimate of drug-likeness (QED) is 0.842. The Labute approximate surface area is 118 Å². The standard InChI is InChI=1S/C17H28N2/c1-12-6-5-7-13(2)17(12)19-15(4)10-14(3)16-8-9-18-11-16/h5-7,14-16,18-19H,8-11H2,1-4H3. The Morgan fingerprint density at radius 2 is 1.95 bits per heavy atom. The second-order valence-corrected chi connectivity index (χ2v) is 6.28. The highest BCUT2D eigenvalue weighted by Crippen LogP contribution is 2.26. The van der Waals surface area contributed by atoms with E-state index in [2.05, 4.69) is 56.5 Å². The lowest BCUT2D eigenvalue weighted by molar-refractivity contribution is 0.350. The van der Waals surface area contributed by atoms with Crippen molar-refractivity contribution in [3.63, 3.8) is 0 Å². The molecule has 2 rings (SSSR count). The van der Waals surface area contributed by atoms with Crippen molar-refractivity contribution in [2.75, 3.05) is 18.4 Å². The minimum atomic E-state index is 0.537. The Hall–Kier alpha value is -1.02. The summed E-state index contributed by atoms with van der Waals surface area (Å²) in [5.41, 5.74) is 4.02. The Balaban J connectivity index is 1.91. The van der Waals surface area contributed by atoms with Crippen LogP contribution in [0.2, 0.25) is 0 Å². The van der Waals surface area contributed by atoms with Crippen LogP contribution in [0.15, 0.2) is 18.2 Å². The van der Waals surface area contributed by atoms with Gasteiger partial charge in [-0.3, -0.25) is 0 Å². The highest BCUT2D eigenvalue weighted by molar-refractivity contribution is 5.57. The lowest BCUT2D eigenvalue weighted by Gasteiger charge is -2.25. The molecule has 19 heavy (non-hydrogen) atoms. The molecule has 0 aliphatic carbocycles. The van der Waals surface area contributed by atoms with Crippen LogP contribution in [-0.2, 0) is 0 Å². The van der Waals surface area contributed by atoms with Crippen LogP contribution < -0.4 is 10.6 Å². The van der Waals surface area contributed by atoms with Gasteiger partial charge in [-0.25, -0.2) is 0 Å². The Bertz CT molecular complexity index is 387. The van der Waals surface area contributed by atoms with Gasteiger partial charge in [-0.1, -0.05) is 25.1 Å². The molecular formula is C17H28N2. The van der Waals surface area contributed by atoms with E-state index >= 15 is 0 Å². The molecule has 0 radical (unpaired) electrons. The molecule has 0 bridgehead atoms. The highest BCUT2D eigenvalue weighted by atomic mass is 14.9. The van der Waals surface area contributed by atoms with E-state index in [0.717, 1.165) is 11.8 Å². The Kier molecular flexibility index (Phi) is 4.87. The van der Waals surface area contributed by atoms with Crippen molar-refractivity contribution in [2.45, 2.75) is 46.6 Å². The molecule has 1 aromatic rings. The van der Waals surface area contributed by atoms with Gasteiger partial charge >= 0.3 is 0 Å². The molecule has 1 aliphatic rings. The van der Waals surface area contributed by atoms with Crippen molar-refractivity contribution < 1.29 is 0 Å². The molecule has 1 heterocycles. The maximum Gasteiger partial charge on any atom is 0.0401 e. The smallest absolute Gasteiger partial charge is 0.0401 e. The van der Waals surface area contributed by atoms with Gasteiger partial charge in [0.25, 0.3) is 0 Å². The number of aryl methyl sites for hydroxylation is 2. The van der Waals surface area contributed by atoms with Crippen LogP contribution in [0.3, 0.4) is 0 Å². The topological polar surface area (TPSA) is 24.1 Å². The Morgan fingerprint density at radius 3 is 2.53 bits per heavy atom. The lowest BCUT2D eigenvalue weighted by Crippen LogP contribution is -2.24. The molecule has 0 amide bonds. The first-order valence-electron chi connectivity index (χ1n) is 7.61. The second kappa shape index (κ2) is 6.42. The molecule has 1 aromatic carbocycles. The third-order valence-electron chi connectivity index (χ3n) is 4.50. The summed E-state index contributed by atoms with van der Waals surface area (Å²) in [7, 11) is 0. The lowest BCUT2D eigenvalue weighted by atomic mass is 9.88. The minimum absolute atomic E-state index is 0.537. The summed E-state index contributed by atoms with van der Waals surface area (Å²) >= 11 is 0. The predicted octanol–water partition coefficient (Wildman–Crippen LogP) is 3.74. The van der Waals surface area contributed by atoms with E-state index in [1.165, 1.54) is 42.7 Å². The molecule has 1 fully saturated rings. The third kappa shape index (κ3) is 3.73. The molecule has 0 aromatic heterocycles. The first-order chi connectivity index (χ1) is 9.08. The van der Waals surface area contributed by atoms with E-state index in [-0.39, 0.29) is 0 Å². The monoisotopic (exact) mass is 260 g/mol. The maximum absolute atomic E-state index is 3.71. The van der Waals surface area contributed by atoms with E-state index in [9.17, 15) is 0 Å². The molecule has 3 atom stereocenters. The van der Waals surface area contributed by atoms with Gasteiger partial charge < -0.3 is 10.6 Å².